The van der Waals surface area contributed by atoms with E-state index in [2.05, 4.69) is 90.0 Å². The number of hydrogen-bond acceptors (Lipinski definition) is 2. The molecule has 0 heterocycles. The van der Waals surface area contributed by atoms with E-state index in [0.29, 0.717) is 29.6 Å². The Morgan fingerprint density at radius 3 is 2.16 bits per heavy atom. The van der Waals surface area contributed by atoms with Crippen LogP contribution in [0.1, 0.15) is 98.5 Å². The van der Waals surface area contributed by atoms with Crippen molar-refractivity contribution in [1.82, 2.24) is 0 Å². The molecule has 2 nitrogen and oxygen atoms in total. The van der Waals surface area contributed by atoms with Gasteiger partial charge in [-0.15, -0.1) is 18.9 Å². The largest absolute Gasteiger partial charge is 0.393 e. The number of aliphatic hydroxyl groups is 1. The fraction of sp³-hybridized carbons (Fsp3) is 0.657. The molecular formula is C35H55NO. The highest BCUT2D eigenvalue weighted by Gasteiger charge is 2.57. The Morgan fingerprint density at radius 1 is 1.16 bits per heavy atom. The van der Waals surface area contributed by atoms with Crippen molar-refractivity contribution < 1.29 is 5.11 Å². The molecule has 2 heteroatoms. The van der Waals surface area contributed by atoms with Gasteiger partial charge in [-0.2, -0.15) is 0 Å². The minimum atomic E-state index is -0.172. The molecule has 206 valence electrons. The van der Waals surface area contributed by atoms with Gasteiger partial charge in [0.25, 0.3) is 0 Å². The first-order valence-electron chi connectivity index (χ1n) is 14.4. The zero-order valence-electron chi connectivity index (χ0n) is 25.4. The van der Waals surface area contributed by atoms with Crippen LogP contribution in [0.3, 0.4) is 0 Å². The summed E-state index contributed by atoms with van der Waals surface area (Å²) in [6, 6.07) is 9.21. The summed E-state index contributed by atoms with van der Waals surface area (Å²) >= 11 is 0. The average molecular weight is 506 g/mol. The molecule has 0 saturated heterocycles. The van der Waals surface area contributed by atoms with Gasteiger partial charge in [-0.3, -0.25) is 0 Å². The SMILES string of the molecule is C#CC(C)(C)C.C=C(C)CCC(C(=C)C)C1C(c2ccc(N(C)C)cc2)CC2(C)C(O)CCC2C1CC. The van der Waals surface area contributed by atoms with E-state index in [-0.39, 0.29) is 16.9 Å². The molecule has 0 aromatic heterocycles. The minimum Gasteiger partial charge on any atom is -0.393 e. The maximum absolute atomic E-state index is 11.1. The highest BCUT2D eigenvalue weighted by atomic mass is 16.3. The molecule has 7 unspecified atom stereocenters. The Balaban J connectivity index is 0.000000717. The molecule has 2 aliphatic carbocycles. The van der Waals surface area contributed by atoms with E-state index in [1.54, 1.807) is 0 Å². The van der Waals surface area contributed by atoms with Crippen LogP contribution in [0.25, 0.3) is 0 Å². The maximum Gasteiger partial charge on any atom is 0.0596 e. The van der Waals surface area contributed by atoms with Gasteiger partial charge in [0.05, 0.1) is 6.10 Å². The minimum absolute atomic E-state index is 0.0239. The van der Waals surface area contributed by atoms with Gasteiger partial charge in [0.15, 0.2) is 0 Å². The number of rotatable bonds is 8. The molecule has 1 N–H and O–H groups in total. The second kappa shape index (κ2) is 12.7. The first kappa shape index (κ1) is 31.2. The molecule has 2 aliphatic rings. The lowest BCUT2D eigenvalue weighted by atomic mass is 9.51. The fourth-order valence-corrected chi connectivity index (χ4v) is 7.08. The normalized spacial score (nSPS) is 29.8. The zero-order valence-corrected chi connectivity index (χ0v) is 25.4. The number of nitrogens with zero attached hydrogens (tertiary/aromatic N) is 1. The molecule has 2 saturated carbocycles. The molecule has 0 aliphatic heterocycles. The van der Waals surface area contributed by atoms with E-state index in [0.717, 1.165) is 25.7 Å². The lowest BCUT2D eigenvalue weighted by molar-refractivity contribution is -0.0564. The van der Waals surface area contributed by atoms with Gasteiger partial charge in [0.1, 0.15) is 0 Å². The third-order valence-electron chi connectivity index (χ3n) is 9.22. The number of terminal acetylenes is 1. The third-order valence-corrected chi connectivity index (χ3v) is 9.22. The van der Waals surface area contributed by atoms with Gasteiger partial charge < -0.3 is 10.0 Å². The summed E-state index contributed by atoms with van der Waals surface area (Å²) in [7, 11) is 4.20. The molecule has 0 radical (unpaired) electrons. The number of benzene rings is 1. The van der Waals surface area contributed by atoms with Crippen molar-refractivity contribution in [3.05, 3.63) is 54.1 Å². The Hall–Kier alpha value is -1.98. The predicted octanol–water partition coefficient (Wildman–Crippen LogP) is 8.87. The van der Waals surface area contributed by atoms with Crippen LogP contribution in [0, 0.1) is 46.8 Å². The van der Waals surface area contributed by atoms with Gasteiger partial charge in [-0.05, 0) is 119 Å². The monoisotopic (exact) mass is 505 g/mol. The topological polar surface area (TPSA) is 23.5 Å². The van der Waals surface area contributed by atoms with Crippen molar-refractivity contribution >= 4 is 5.69 Å². The summed E-state index contributed by atoms with van der Waals surface area (Å²) in [5, 5.41) is 11.1. The van der Waals surface area contributed by atoms with Crippen molar-refractivity contribution in [3.8, 4) is 12.3 Å². The lowest BCUT2D eigenvalue weighted by Gasteiger charge is -2.54. The molecule has 2 fully saturated rings. The van der Waals surface area contributed by atoms with E-state index in [4.69, 9.17) is 6.42 Å². The predicted molar refractivity (Wildman–Crippen MR) is 163 cm³/mol. The summed E-state index contributed by atoms with van der Waals surface area (Å²) < 4.78 is 0. The third kappa shape index (κ3) is 7.54. The molecule has 1 aromatic rings. The Kier molecular flexibility index (Phi) is 10.7. The first-order valence-corrected chi connectivity index (χ1v) is 14.4. The molecule has 3 rings (SSSR count). The molecule has 0 bridgehead atoms. The zero-order chi connectivity index (χ0) is 28.1. The summed E-state index contributed by atoms with van der Waals surface area (Å²) in [5.74, 6) is 5.38. The molecule has 37 heavy (non-hydrogen) atoms. The van der Waals surface area contributed by atoms with Crippen molar-refractivity contribution in [2.45, 2.75) is 99.0 Å². The number of hydrogen-bond donors (Lipinski definition) is 1. The molecular weight excluding hydrogens is 450 g/mol. The lowest BCUT2D eigenvalue weighted by Crippen LogP contribution is -2.48. The van der Waals surface area contributed by atoms with E-state index in [1.165, 1.54) is 35.2 Å². The standard InChI is InChI=1S/C29H45NO.C6H10/c1-9-23-26-16-17-27(31)29(26,6)18-25(21-11-13-22(14-12-21)30(7)8)28(23)24(20(4)5)15-10-19(2)3;1-5-6(2,3)4/h11-14,23-28,31H,2,4,9-10,15-18H2,1,3,5-8H3;1H,2-4H3. The smallest absolute Gasteiger partial charge is 0.0596 e. The van der Waals surface area contributed by atoms with E-state index < -0.39 is 0 Å². The van der Waals surface area contributed by atoms with Gasteiger partial charge in [-0.25, -0.2) is 0 Å². The van der Waals surface area contributed by atoms with Crippen LogP contribution >= 0.6 is 0 Å². The van der Waals surface area contributed by atoms with Crippen molar-refractivity contribution in [2.24, 2.45) is 34.5 Å². The van der Waals surface area contributed by atoms with Gasteiger partial charge in [0.2, 0.25) is 0 Å². The van der Waals surface area contributed by atoms with E-state index >= 15 is 0 Å². The van der Waals surface area contributed by atoms with Crippen LogP contribution in [-0.4, -0.2) is 25.3 Å². The summed E-state index contributed by atoms with van der Waals surface area (Å²) in [4.78, 5) is 2.17. The summed E-state index contributed by atoms with van der Waals surface area (Å²) in [5.41, 5.74) is 5.36. The van der Waals surface area contributed by atoms with Gasteiger partial charge >= 0.3 is 0 Å². The van der Waals surface area contributed by atoms with E-state index in [1.807, 2.05) is 20.8 Å². The highest BCUT2D eigenvalue weighted by Crippen LogP contribution is 2.63. The highest BCUT2D eigenvalue weighted by molar-refractivity contribution is 5.47. The molecule has 1 aromatic carbocycles. The summed E-state index contributed by atoms with van der Waals surface area (Å²) in [6.07, 6.45) is 11.5. The van der Waals surface area contributed by atoms with Crippen LogP contribution in [0.15, 0.2) is 48.6 Å². The van der Waals surface area contributed by atoms with Crippen molar-refractivity contribution in [3.63, 3.8) is 0 Å². The van der Waals surface area contributed by atoms with Crippen molar-refractivity contribution in [2.75, 3.05) is 19.0 Å². The molecule has 0 spiro atoms. The van der Waals surface area contributed by atoms with Gasteiger partial charge in [-0.1, -0.05) is 50.1 Å². The Bertz CT molecular complexity index is 943. The molecule has 7 atom stereocenters. The first-order chi connectivity index (χ1) is 17.2. The number of allylic oxidation sites excluding steroid dienone is 2. The van der Waals surface area contributed by atoms with Crippen molar-refractivity contribution in [1.29, 1.82) is 0 Å². The Labute approximate surface area is 229 Å². The van der Waals surface area contributed by atoms with Gasteiger partial charge in [0, 0.05) is 25.2 Å². The fourth-order valence-electron chi connectivity index (χ4n) is 7.08. The van der Waals surface area contributed by atoms with E-state index in [9.17, 15) is 5.11 Å². The van der Waals surface area contributed by atoms with Crippen LogP contribution in [0.5, 0.6) is 0 Å². The maximum atomic E-state index is 11.1. The van der Waals surface area contributed by atoms with Crippen LogP contribution in [0.4, 0.5) is 5.69 Å². The number of aliphatic hydroxyl groups excluding tert-OH is 1. The number of fused-ring (bicyclic) bond motifs is 1. The summed E-state index contributed by atoms with van der Waals surface area (Å²) in [6.45, 7) is 23.8. The second-order valence-electron chi connectivity index (χ2n) is 13.5. The van der Waals surface area contributed by atoms with Crippen LogP contribution in [0.2, 0.25) is 0 Å². The number of anilines is 1. The van der Waals surface area contributed by atoms with Crippen LogP contribution in [-0.2, 0) is 0 Å². The Morgan fingerprint density at radius 2 is 1.73 bits per heavy atom. The van der Waals surface area contributed by atoms with Crippen LogP contribution < -0.4 is 4.90 Å². The quantitative estimate of drug-likeness (QED) is 0.282. The average Bonchev–Trinajstić information content (AvgIpc) is 3.12. The molecule has 0 amide bonds. The second-order valence-corrected chi connectivity index (χ2v) is 13.5.